The molecule has 1 spiro atoms. The normalized spacial score (nSPS) is 34.9. The van der Waals surface area contributed by atoms with E-state index in [-0.39, 0.29) is 5.79 Å². The van der Waals surface area contributed by atoms with Gasteiger partial charge in [0.15, 0.2) is 5.79 Å². The Balaban J connectivity index is 1.61. The Morgan fingerprint density at radius 3 is 2.00 bits per heavy atom. The second kappa shape index (κ2) is 2.96. The van der Waals surface area contributed by atoms with E-state index >= 15 is 0 Å². The Hall–Kier alpha value is -0.0800. The van der Waals surface area contributed by atoms with Crippen LogP contribution < -0.4 is 0 Å². The van der Waals surface area contributed by atoms with Crippen molar-refractivity contribution in [3.05, 3.63) is 0 Å². The van der Waals surface area contributed by atoms with Crippen molar-refractivity contribution in [2.24, 2.45) is 11.3 Å². The van der Waals surface area contributed by atoms with Crippen molar-refractivity contribution in [2.45, 2.75) is 51.2 Å². The average Bonchev–Trinajstić information content (AvgIpc) is 2.78. The molecule has 14 heavy (non-hydrogen) atoms. The highest BCUT2D eigenvalue weighted by Gasteiger charge is 2.49. The Morgan fingerprint density at radius 1 is 0.929 bits per heavy atom. The minimum Gasteiger partial charge on any atom is -0.348 e. The predicted octanol–water partition coefficient (Wildman–Crippen LogP) is 2.72. The van der Waals surface area contributed by atoms with Gasteiger partial charge in [-0.15, -0.1) is 0 Å². The number of rotatable bonds is 1. The maximum atomic E-state index is 5.74. The highest BCUT2D eigenvalue weighted by atomic mass is 16.7. The van der Waals surface area contributed by atoms with Crippen LogP contribution in [0.3, 0.4) is 0 Å². The first kappa shape index (κ1) is 9.17. The molecule has 0 aromatic heterocycles. The molecule has 0 radical (unpaired) electrons. The van der Waals surface area contributed by atoms with E-state index in [1.165, 1.54) is 25.7 Å². The first-order valence-corrected chi connectivity index (χ1v) is 6.00. The summed E-state index contributed by atoms with van der Waals surface area (Å²) in [6, 6.07) is 0. The predicted molar refractivity (Wildman–Crippen MR) is 53.9 cm³/mol. The van der Waals surface area contributed by atoms with E-state index in [0.717, 1.165) is 32.0 Å². The molecule has 3 fully saturated rings. The number of hydrogen-bond acceptors (Lipinski definition) is 2. The molecule has 80 valence electrons. The van der Waals surface area contributed by atoms with Gasteiger partial charge in [-0.05, 0) is 37.0 Å². The molecule has 0 N–H and O–H groups in total. The lowest BCUT2D eigenvalue weighted by Gasteiger charge is -2.37. The van der Waals surface area contributed by atoms with Crippen molar-refractivity contribution in [3.63, 3.8) is 0 Å². The standard InChI is InChI=1S/C12H20O2/c1-11(6-7-11)10-2-4-12(5-3-10)13-8-9-14-12/h10H,2-9H2,1H3. The van der Waals surface area contributed by atoms with Gasteiger partial charge >= 0.3 is 0 Å². The fourth-order valence-electron chi connectivity index (χ4n) is 3.15. The Kier molecular flexibility index (Phi) is 1.94. The van der Waals surface area contributed by atoms with Crippen LogP contribution in [-0.2, 0) is 9.47 Å². The van der Waals surface area contributed by atoms with E-state index in [1.807, 2.05) is 0 Å². The summed E-state index contributed by atoms with van der Waals surface area (Å²) in [7, 11) is 0. The van der Waals surface area contributed by atoms with E-state index in [9.17, 15) is 0 Å². The van der Waals surface area contributed by atoms with Crippen LogP contribution in [0.15, 0.2) is 0 Å². The summed E-state index contributed by atoms with van der Waals surface area (Å²) < 4.78 is 11.5. The molecule has 3 aliphatic rings. The lowest BCUT2D eigenvalue weighted by Crippen LogP contribution is -2.36. The minimum atomic E-state index is -0.151. The van der Waals surface area contributed by atoms with Crippen LogP contribution in [0.4, 0.5) is 0 Å². The van der Waals surface area contributed by atoms with Gasteiger partial charge < -0.3 is 9.47 Å². The zero-order valence-corrected chi connectivity index (χ0v) is 9.05. The van der Waals surface area contributed by atoms with Gasteiger partial charge in [0, 0.05) is 12.8 Å². The van der Waals surface area contributed by atoms with Gasteiger partial charge in [0.1, 0.15) is 0 Å². The van der Waals surface area contributed by atoms with E-state index < -0.39 is 0 Å². The smallest absolute Gasteiger partial charge is 0.168 e. The van der Waals surface area contributed by atoms with Crippen LogP contribution in [0.5, 0.6) is 0 Å². The molecule has 2 heteroatoms. The summed E-state index contributed by atoms with van der Waals surface area (Å²) in [6.07, 6.45) is 7.80. The Labute approximate surface area is 86.0 Å². The summed E-state index contributed by atoms with van der Waals surface area (Å²) >= 11 is 0. The zero-order chi connectivity index (χ0) is 9.65. The molecule has 1 aliphatic heterocycles. The highest BCUT2D eigenvalue weighted by molar-refractivity contribution is 4.98. The largest absolute Gasteiger partial charge is 0.348 e. The molecule has 3 rings (SSSR count). The van der Waals surface area contributed by atoms with Gasteiger partial charge in [-0.3, -0.25) is 0 Å². The van der Waals surface area contributed by atoms with Gasteiger partial charge in [0.2, 0.25) is 0 Å². The maximum absolute atomic E-state index is 5.74. The molecule has 0 amide bonds. The Bertz CT molecular complexity index is 216. The third kappa shape index (κ3) is 1.40. The SMILES string of the molecule is CC1(C2CCC3(CC2)OCCO3)CC1. The van der Waals surface area contributed by atoms with Crippen LogP contribution in [0, 0.1) is 11.3 Å². The maximum Gasteiger partial charge on any atom is 0.168 e. The Morgan fingerprint density at radius 2 is 1.50 bits per heavy atom. The number of ether oxygens (including phenoxy) is 2. The molecule has 0 unspecified atom stereocenters. The molecule has 0 bridgehead atoms. The molecule has 1 heterocycles. The monoisotopic (exact) mass is 196 g/mol. The molecule has 2 aliphatic carbocycles. The van der Waals surface area contributed by atoms with Crippen LogP contribution >= 0.6 is 0 Å². The topological polar surface area (TPSA) is 18.5 Å². The van der Waals surface area contributed by atoms with E-state index in [2.05, 4.69) is 6.92 Å². The van der Waals surface area contributed by atoms with E-state index in [1.54, 1.807) is 0 Å². The van der Waals surface area contributed by atoms with Crippen molar-refractivity contribution >= 4 is 0 Å². The molecule has 1 saturated heterocycles. The first-order valence-electron chi connectivity index (χ1n) is 6.00. The lowest BCUT2D eigenvalue weighted by molar-refractivity contribution is -0.185. The number of hydrogen-bond donors (Lipinski definition) is 0. The van der Waals surface area contributed by atoms with Gasteiger partial charge in [-0.25, -0.2) is 0 Å². The minimum absolute atomic E-state index is 0.151. The zero-order valence-electron chi connectivity index (χ0n) is 9.05. The summed E-state index contributed by atoms with van der Waals surface area (Å²) in [4.78, 5) is 0. The summed E-state index contributed by atoms with van der Waals surface area (Å²) in [5.41, 5.74) is 0.695. The average molecular weight is 196 g/mol. The van der Waals surface area contributed by atoms with Crippen molar-refractivity contribution in [2.75, 3.05) is 13.2 Å². The highest BCUT2D eigenvalue weighted by Crippen LogP contribution is 2.57. The molecule has 0 aromatic rings. The fourth-order valence-corrected chi connectivity index (χ4v) is 3.15. The fraction of sp³-hybridized carbons (Fsp3) is 1.00. The van der Waals surface area contributed by atoms with Crippen molar-refractivity contribution in [3.8, 4) is 0 Å². The van der Waals surface area contributed by atoms with Crippen LogP contribution in [0.25, 0.3) is 0 Å². The second-order valence-electron chi connectivity index (χ2n) is 5.54. The van der Waals surface area contributed by atoms with Gasteiger partial charge in [0.25, 0.3) is 0 Å². The second-order valence-corrected chi connectivity index (χ2v) is 5.54. The van der Waals surface area contributed by atoms with Crippen molar-refractivity contribution in [1.82, 2.24) is 0 Å². The third-order valence-electron chi connectivity index (χ3n) is 4.59. The van der Waals surface area contributed by atoms with Gasteiger partial charge in [0.05, 0.1) is 13.2 Å². The summed E-state index contributed by atoms with van der Waals surface area (Å²) in [6.45, 7) is 4.07. The van der Waals surface area contributed by atoms with E-state index in [4.69, 9.17) is 9.47 Å². The van der Waals surface area contributed by atoms with Crippen molar-refractivity contribution < 1.29 is 9.47 Å². The molecule has 2 nitrogen and oxygen atoms in total. The van der Waals surface area contributed by atoms with Crippen molar-refractivity contribution in [1.29, 1.82) is 0 Å². The molecular formula is C12H20O2. The van der Waals surface area contributed by atoms with Crippen LogP contribution in [-0.4, -0.2) is 19.0 Å². The van der Waals surface area contributed by atoms with E-state index in [0.29, 0.717) is 5.41 Å². The lowest BCUT2D eigenvalue weighted by atomic mass is 9.76. The quantitative estimate of drug-likeness (QED) is 0.642. The third-order valence-corrected chi connectivity index (χ3v) is 4.59. The first-order chi connectivity index (χ1) is 6.73. The summed E-state index contributed by atoms with van der Waals surface area (Å²) in [5, 5.41) is 0. The van der Waals surface area contributed by atoms with Crippen LogP contribution in [0.1, 0.15) is 45.4 Å². The van der Waals surface area contributed by atoms with Gasteiger partial charge in [-0.1, -0.05) is 6.92 Å². The molecule has 0 aromatic carbocycles. The van der Waals surface area contributed by atoms with Gasteiger partial charge in [-0.2, -0.15) is 0 Å². The molecule has 2 saturated carbocycles. The summed E-state index contributed by atoms with van der Waals surface area (Å²) in [5.74, 6) is 0.794. The van der Waals surface area contributed by atoms with Crippen LogP contribution in [0.2, 0.25) is 0 Å². The molecule has 0 atom stereocenters. The molecular weight excluding hydrogens is 176 g/mol.